The first-order chi connectivity index (χ1) is 20.1. The van der Waals surface area contributed by atoms with Crippen molar-refractivity contribution in [2.75, 3.05) is 6.54 Å². The summed E-state index contributed by atoms with van der Waals surface area (Å²) in [7, 11) is 0. The smallest absolute Gasteiger partial charge is 0.0619 e. The minimum absolute atomic E-state index is 0.443. The molecular formula is C38H31N3. The molecule has 0 atom stereocenters. The van der Waals surface area contributed by atoms with Crippen molar-refractivity contribution in [1.29, 1.82) is 5.41 Å². The van der Waals surface area contributed by atoms with Crippen LogP contribution in [0.25, 0.3) is 61.0 Å². The van der Waals surface area contributed by atoms with Crippen LogP contribution in [-0.4, -0.2) is 17.3 Å². The van der Waals surface area contributed by atoms with Gasteiger partial charge >= 0.3 is 0 Å². The molecule has 0 spiro atoms. The summed E-state index contributed by atoms with van der Waals surface area (Å²) < 4.78 is 2.38. The van der Waals surface area contributed by atoms with E-state index in [1.54, 1.807) is 6.08 Å². The Labute approximate surface area is 240 Å². The molecule has 0 saturated carbocycles. The van der Waals surface area contributed by atoms with Crippen molar-refractivity contribution in [1.82, 2.24) is 4.57 Å². The van der Waals surface area contributed by atoms with Crippen LogP contribution in [0.3, 0.4) is 0 Å². The third kappa shape index (κ3) is 4.84. The largest absolute Gasteiger partial charge is 0.327 e. The third-order valence-corrected chi connectivity index (χ3v) is 7.56. The average molecular weight is 530 g/mol. The zero-order valence-electron chi connectivity index (χ0n) is 22.8. The van der Waals surface area contributed by atoms with Crippen LogP contribution in [0.15, 0.2) is 140 Å². The van der Waals surface area contributed by atoms with Crippen molar-refractivity contribution in [2.45, 2.75) is 0 Å². The summed E-state index contributed by atoms with van der Waals surface area (Å²) in [6.45, 7) is 8.21. The van der Waals surface area contributed by atoms with Crippen molar-refractivity contribution in [3.05, 3.63) is 151 Å². The Kier molecular flexibility index (Phi) is 7.03. The highest BCUT2D eigenvalue weighted by atomic mass is 15.0. The van der Waals surface area contributed by atoms with Gasteiger partial charge in [-0.1, -0.05) is 116 Å². The molecule has 41 heavy (non-hydrogen) atoms. The van der Waals surface area contributed by atoms with Crippen LogP contribution in [0, 0.1) is 5.41 Å². The summed E-state index contributed by atoms with van der Waals surface area (Å²) in [4.78, 5) is 0. The van der Waals surface area contributed by atoms with Gasteiger partial charge < -0.3 is 15.7 Å². The zero-order chi connectivity index (χ0) is 28.3. The average Bonchev–Trinajstić information content (AvgIpc) is 3.36. The molecule has 0 bridgehead atoms. The van der Waals surface area contributed by atoms with Gasteiger partial charge in [0.1, 0.15) is 0 Å². The van der Waals surface area contributed by atoms with Crippen molar-refractivity contribution in [3.8, 4) is 16.8 Å². The number of para-hydroxylation sites is 1. The molecule has 1 aromatic heterocycles. The first kappa shape index (κ1) is 26.0. The first-order valence-corrected chi connectivity index (χ1v) is 13.7. The number of nitrogens with two attached hydrogens (primary N) is 1. The highest BCUT2D eigenvalue weighted by Crippen LogP contribution is 2.38. The standard InChI is InChI=1S/C38H31N3/c1-3-7-32(25-40)29-15-13-28(14-16-29)30-17-20-34-31(23-30)18-21-36-35-19-12-27(11-10-26(2)24-39)22-37(35)41(38(34)36)33-8-5-4-6-9-33/h3-23,25,40H,1-2,24,39H2/b11-10+,32-7+,40-25?. The van der Waals surface area contributed by atoms with Gasteiger partial charge in [-0.15, -0.1) is 0 Å². The number of hydrogen-bond donors (Lipinski definition) is 2. The molecule has 0 aliphatic carbocycles. The van der Waals surface area contributed by atoms with Crippen LogP contribution < -0.4 is 5.73 Å². The number of rotatable bonds is 8. The van der Waals surface area contributed by atoms with Crippen molar-refractivity contribution < 1.29 is 0 Å². The summed E-state index contributed by atoms with van der Waals surface area (Å²) in [5, 5.41) is 12.5. The van der Waals surface area contributed by atoms with Gasteiger partial charge in [-0.05, 0) is 63.1 Å². The predicted octanol–water partition coefficient (Wildman–Crippen LogP) is 9.35. The Morgan fingerprint density at radius 2 is 1.54 bits per heavy atom. The Bertz CT molecular complexity index is 2000. The summed E-state index contributed by atoms with van der Waals surface area (Å²) in [5.41, 5.74) is 15.4. The predicted molar refractivity (Wildman–Crippen MR) is 178 cm³/mol. The maximum absolute atomic E-state index is 7.70. The number of nitrogens with zero attached hydrogens (tertiary/aromatic N) is 1. The van der Waals surface area contributed by atoms with Crippen molar-refractivity contribution in [2.24, 2.45) is 5.73 Å². The van der Waals surface area contributed by atoms with E-state index in [1.165, 1.54) is 33.3 Å². The lowest BCUT2D eigenvalue weighted by Gasteiger charge is -2.11. The van der Waals surface area contributed by atoms with Gasteiger partial charge in [-0.2, -0.15) is 0 Å². The van der Waals surface area contributed by atoms with Crippen molar-refractivity contribution >= 4 is 50.4 Å². The molecule has 1 heterocycles. The number of fused-ring (bicyclic) bond motifs is 5. The second-order valence-electron chi connectivity index (χ2n) is 10.1. The molecule has 5 aromatic carbocycles. The lowest BCUT2D eigenvalue weighted by molar-refractivity contribution is 1.19. The fraction of sp³-hybridized carbons (Fsp3) is 0.0263. The monoisotopic (exact) mass is 529 g/mol. The van der Waals surface area contributed by atoms with E-state index in [1.807, 2.05) is 12.2 Å². The van der Waals surface area contributed by atoms with Gasteiger partial charge in [0, 0.05) is 34.6 Å². The molecule has 0 fully saturated rings. The third-order valence-electron chi connectivity index (χ3n) is 7.56. The van der Waals surface area contributed by atoms with Gasteiger partial charge in [0.2, 0.25) is 0 Å². The van der Waals surface area contributed by atoms with Crippen LogP contribution in [0.4, 0.5) is 0 Å². The fourth-order valence-corrected chi connectivity index (χ4v) is 5.47. The summed E-state index contributed by atoms with van der Waals surface area (Å²) in [6, 6.07) is 36.7. The van der Waals surface area contributed by atoms with Crippen LogP contribution in [0.1, 0.15) is 11.1 Å². The molecule has 0 saturated heterocycles. The molecule has 3 nitrogen and oxygen atoms in total. The quantitative estimate of drug-likeness (QED) is 0.150. The minimum atomic E-state index is 0.443. The zero-order valence-corrected chi connectivity index (χ0v) is 22.8. The number of aromatic nitrogens is 1. The lowest BCUT2D eigenvalue weighted by Crippen LogP contribution is -1.98. The normalized spacial score (nSPS) is 12.0. The van der Waals surface area contributed by atoms with E-state index in [4.69, 9.17) is 11.1 Å². The second kappa shape index (κ2) is 11.1. The van der Waals surface area contributed by atoms with E-state index < -0.39 is 0 Å². The molecular weight excluding hydrogens is 498 g/mol. The number of allylic oxidation sites excluding steroid dienone is 3. The molecule has 0 radical (unpaired) electrons. The maximum Gasteiger partial charge on any atom is 0.0619 e. The van der Waals surface area contributed by atoms with Crippen LogP contribution in [0.2, 0.25) is 0 Å². The highest BCUT2D eigenvalue weighted by Gasteiger charge is 2.16. The van der Waals surface area contributed by atoms with E-state index in [0.717, 1.165) is 44.6 Å². The van der Waals surface area contributed by atoms with E-state index in [2.05, 4.69) is 127 Å². The summed E-state index contributed by atoms with van der Waals surface area (Å²) >= 11 is 0. The molecule has 6 rings (SSSR count). The van der Waals surface area contributed by atoms with Gasteiger partial charge in [0.15, 0.2) is 0 Å². The lowest BCUT2D eigenvalue weighted by atomic mass is 9.97. The summed E-state index contributed by atoms with van der Waals surface area (Å²) in [5.74, 6) is 0. The number of hydrogen-bond acceptors (Lipinski definition) is 2. The van der Waals surface area contributed by atoms with Crippen LogP contribution in [0.5, 0.6) is 0 Å². The van der Waals surface area contributed by atoms with E-state index in [9.17, 15) is 0 Å². The van der Waals surface area contributed by atoms with Gasteiger partial charge in [0.25, 0.3) is 0 Å². The second-order valence-corrected chi connectivity index (χ2v) is 10.1. The molecule has 0 amide bonds. The molecule has 0 aliphatic heterocycles. The van der Waals surface area contributed by atoms with E-state index in [-0.39, 0.29) is 0 Å². The van der Waals surface area contributed by atoms with Gasteiger partial charge in [-0.3, -0.25) is 0 Å². The topological polar surface area (TPSA) is 54.8 Å². The molecule has 0 aliphatic rings. The van der Waals surface area contributed by atoms with Gasteiger partial charge in [-0.25, -0.2) is 0 Å². The van der Waals surface area contributed by atoms with E-state index in [0.29, 0.717) is 6.54 Å². The van der Waals surface area contributed by atoms with Crippen molar-refractivity contribution in [3.63, 3.8) is 0 Å². The molecule has 3 heteroatoms. The molecule has 6 aromatic rings. The molecule has 198 valence electrons. The Morgan fingerprint density at radius 3 is 2.27 bits per heavy atom. The Hall–Kier alpha value is -5.25. The summed E-state index contributed by atoms with van der Waals surface area (Å²) in [6.07, 6.45) is 8.99. The number of benzene rings is 5. The van der Waals surface area contributed by atoms with E-state index >= 15 is 0 Å². The van der Waals surface area contributed by atoms with Gasteiger partial charge in [0.05, 0.1) is 11.0 Å². The fourth-order valence-electron chi connectivity index (χ4n) is 5.47. The molecule has 3 N–H and O–H groups in total. The molecule has 0 unspecified atom stereocenters. The maximum atomic E-state index is 7.70. The first-order valence-electron chi connectivity index (χ1n) is 13.7. The SMILES string of the molecule is C=C/C=C(\C=N)c1ccc(-c2ccc3c(ccc4c5ccc(/C=C/C(=C)CN)cc5n(-c5ccccc5)c34)c2)cc1. The van der Waals surface area contributed by atoms with Crippen LogP contribution in [-0.2, 0) is 0 Å². The minimum Gasteiger partial charge on any atom is -0.327 e. The number of nitrogens with one attached hydrogen (secondary N) is 1. The Balaban J connectivity index is 1.53. The van der Waals surface area contributed by atoms with Crippen LogP contribution >= 0.6 is 0 Å². The Morgan fingerprint density at radius 1 is 0.805 bits per heavy atom. The highest BCUT2D eigenvalue weighted by molar-refractivity contribution is 6.19.